The third-order valence-electron chi connectivity index (χ3n) is 3.08. The van der Waals surface area contributed by atoms with Crippen LogP contribution < -0.4 is 5.63 Å². The number of fused-ring (bicyclic) bond motifs is 1. The van der Waals surface area contributed by atoms with Gasteiger partial charge in [0.2, 0.25) is 5.71 Å². The lowest BCUT2D eigenvalue weighted by Crippen LogP contribution is -2.12. The first-order valence-corrected chi connectivity index (χ1v) is 6.17. The number of aromatic amines is 1. The maximum atomic E-state index is 12.0. The summed E-state index contributed by atoms with van der Waals surface area (Å²) in [7, 11) is 1.62. The fraction of sp³-hybridized carbons (Fsp3) is 0.538. The van der Waals surface area contributed by atoms with Crippen LogP contribution in [0.1, 0.15) is 36.6 Å². The normalized spacial score (nSPS) is 11.3. The lowest BCUT2D eigenvalue weighted by atomic mass is 10.0. The molecule has 0 aliphatic heterocycles. The van der Waals surface area contributed by atoms with E-state index in [2.05, 4.69) is 17.1 Å². The van der Waals surface area contributed by atoms with Crippen molar-refractivity contribution in [2.45, 2.75) is 39.7 Å². The fourth-order valence-corrected chi connectivity index (χ4v) is 2.17. The highest BCUT2D eigenvalue weighted by Gasteiger charge is 2.17. The van der Waals surface area contributed by atoms with Crippen molar-refractivity contribution >= 4 is 11.1 Å². The number of aromatic nitrogens is 2. The predicted octanol–water partition coefficient (Wildman–Crippen LogP) is 2.31. The predicted molar refractivity (Wildman–Crippen MR) is 68.7 cm³/mol. The molecule has 2 rings (SSSR count). The van der Waals surface area contributed by atoms with Crippen molar-refractivity contribution in [1.82, 2.24) is 10.2 Å². The van der Waals surface area contributed by atoms with Crippen LogP contribution in [0.3, 0.4) is 0 Å². The van der Waals surface area contributed by atoms with E-state index in [0.29, 0.717) is 12.3 Å². The Balaban J connectivity index is 2.65. The molecule has 5 nitrogen and oxygen atoms in total. The molecular weight excluding hydrogens is 232 g/mol. The van der Waals surface area contributed by atoms with Gasteiger partial charge in [-0.1, -0.05) is 13.3 Å². The minimum absolute atomic E-state index is 0.297. The molecule has 0 amide bonds. The van der Waals surface area contributed by atoms with Crippen LogP contribution in [0.5, 0.6) is 0 Å². The van der Waals surface area contributed by atoms with Crippen molar-refractivity contribution in [3.63, 3.8) is 0 Å². The summed E-state index contributed by atoms with van der Waals surface area (Å²) < 4.78 is 10.5. The van der Waals surface area contributed by atoms with Crippen LogP contribution in [-0.2, 0) is 17.8 Å². The molecule has 18 heavy (non-hydrogen) atoms. The highest BCUT2D eigenvalue weighted by molar-refractivity contribution is 5.80. The summed E-state index contributed by atoms with van der Waals surface area (Å²) in [6, 6.07) is 0. The molecule has 1 N–H and O–H groups in total. The van der Waals surface area contributed by atoms with Crippen LogP contribution in [0.15, 0.2) is 9.21 Å². The maximum Gasteiger partial charge on any atom is 0.341 e. The van der Waals surface area contributed by atoms with Gasteiger partial charge in [-0.3, -0.25) is 5.10 Å². The fourth-order valence-electron chi connectivity index (χ4n) is 2.17. The summed E-state index contributed by atoms with van der Waals surface area (Å²) in [5.74, 6) is 0. The van der Waals surface area contributed by atoms with Gasteiger partial charge in [0.25, 0.3) is 0 Å². The van der Waals surface area contributed by atoms with Crippen molar-refractivity contribution in [3.8, 4) is 0 Å². The van der Waals surface area contributed by atoms with Gasteiger partial charge < -0.3 is 9.15 Å². The van der Waals surface area contributed by atoms with Gasteiger partial charge >= 0.3 is 5.63 Å². The number of rotatable bonds is 5. The molecule has 0 atom stereocenters. The maximum absolute atomic E-state index is 12.0. The zero-order valence-electron chi connectivity index (χ0n) is 11.0. The number of methoxy groups -OCH3 is 1. The van der Waals surface area contributed by atoms with Crippen LogP contribution in [0.4, 0.5) is 0 Å². The van der Waals surface area contributed by atoms with Gasteiger partial charge in [-0.2, -0.15) is 0 Å². The van der Waals surface area contributed by atoms with Gasteiger partial charge in [-0.15, -0.1) is 5.10 Å². The summed E-state index contributed by atoms with van der Waals surface area (Å²) in [5.41, 5.74) is 2.59. The average Bonchev–Trinajstić information content (AvgIpc) is 2.70. The number of aryl methyl sites for hydroxylation is 1. The number of unbranched alkanes of at least 4 members (excludes halogenated alkanes) is 1. The Morgan fingerprint density at radius 1 is 1.39 bits per heavy atom. The van der Waals surface area contributed by atoms with E-state index >= 15 is 0 Å². The van der Waals surface area contributed by atoms with Crippen LogP contribution in [-0.4, -0.2) is 17.3 Å². The van der Waals surface area contributed by atoms with E-state index < -0.39 is 0 Å². The number of hydrogen-bond donors (Lipinski definition) is 1. The zero-order chi connectivity index (χ0) is 13.1. The van der Waals surface area contributed by atoms with Crippen molar-refractivity contribution in [2.24, 2.45) is 0 Å². The van der Waals surface area contributed by atoms with Gasteiger partial charge in [-0.25, -0.2) is 4.79 Å². The van der Waals surface area contributed by atoms with Crippen LogP contribution in [0.2, 0.25) is 0 Å². The molecule has 0 aromatic carbocycles. The van der Waals surface area contributed by atoms with Gasteiger partial charge in [0.15, 0.2) is 0 Å². The highest BCUT2D eigenvalue weighted by atomic mass is 16.5. The Morgan fingerprint density at radius 2 is 2.17 bits per heavy atom. The molecule has 0 aliphatic rings. The smallest absolute Gasteiger partial charge is 0.341 e. The van der Waals surface area contributed by atoms with E-state index in [4.69, 9.17) is 9.15 Å². The van der Waals surface area contributed by atoms with E-state index in [1.807, 2.05) is 6.92 Å². The molecule has 0 fully saturated rings. The van der Waals surface area contributed by atoms with E-state index in [1.165, 1.54) is 0 Å². The van der Waals surface area contributed by atoms with Gasteiger partial charge in [0.05, 0.1) is 12.0 Å². The Labute approximate surface area is 105 Å². The Morgan fingerprint density at radius 3 is 2.83 bits per heavy atom. The Bertz CT molecular complexity index is 598. The summed E-state index contributed by atoms with van der Waals surface area (Å²) in [4.78, 5) is 12.0. The van der Waals surface area contributed by atoms with Crippen molar-refractivity contribution < 1.29 is 9.15 Å². The standard InChI is InChI=1S/C13H18N2O3/c1-4-5-6-9-10(7-17-3)11-8(2)14-15-12(11)18-13(9)16/h4-7H2,1-3H3,(H,14,15). The molecule has 2 aromatic heterocycles. The summed E-state index contributed by atoms with van der Waals surface area (Å²) in [5, 5.41) is 7.72. The SMILES string of the molecule is CCCCc1c(COC)c2c(C)[nH]nc2oc1=O. The number of ether oxygens (including phenoxy) is 1. The summed E-state index contributed by atoms with van der Waals surface area (Å²) in [6.07, 6.45) is 2.72. The zero-order valence-corrected chi connectivity index (χ0v) is 11.0. The molecule has 98 valence electrons. The molecule has 2 heterocycles. The highest BCUT2D eigenvalue weighted by Crippen LogP contribution is 2.23. The molecule has 0 saturated heterocycles. The number of nitrogens with one attached hydrogen (secondary N) is 1. The topological polar surface area (TPSA) is 68.1 Å². The van der Waals surface area contributed by atoms with Gasteiger partial charge in [0.1, 0.15) is 0 Å². The van der Waals surface area contributed by atoms with E-state index in [1.54, 1.807) is 7.11 Å². The third kappa shape index (κ3) is 2.18. The van der Waals surface area contributed by atoms with Gasteiger partial charge in [-0.05, 0) is 19.8 Å². The molecule has 2 aromatic rings. The second-order valence-corrected chi connectivity index (χ2v) is 4.41. The summed E-state index contributed by atoms with van der Waals surface area (Å²) in [6.45, 7) is 4.42. The lowest BCUT2D eigenvalue weighted by Gasteiger charge is -2.08. The van der Waals surface area contributed by atoms with Crippen LogP contribution in [0, 0.1) is 6.92 Å². The van der Waals surface area contributed by atoms with E-state index in [9.17, 15) is 4.79 Å². The molecule has 0 aliphatic carbocycles. The van der Waals surface area contributed by atoms with Crippen LogP contribution in [0.25, 0.3) is 11.1 Å². The second kappa shape index (κ2) is 5.35. The molecule has 0 bridgehead atoms. The second-order valence-electron chi connectivity index (χ2n) is 4.41. The Kier molecular flexibility index (Phi) is 3.81. The first-order chi connectivity index (χ1) is 8.69. The first-order valence-electron chi connectivity index (χ1n) is 6.17. The van der Waals surface area contributed by atoms with Gasteiger partial charge in [0, 0.05) is 23.9 Å². The van der Waals surface area contributed by atoms with Crippen molar-refractivity contribution in [3.05, 3.63) is 27.2 Å². The minimum Gasteiger partial charge on any atom is -0.402 e. The average molecular weight is 250 g/mol. The molecular formula is C13H18N2O3. The third-order valence-corrected chi connectivity index (χ3v) is 3.08. The number of nitrogens with zero attached hydrogens (tertiary/aromatic N) is 1. The van der Waals surface area contributed by atoms with E-state index in [0.717, 1.165) is 41.5 Å². The molecule has 0 unspecified atom stereocenters. The number of hydrogen-bond acceptors (Lipinski definition) is 4. The molecule has 0 spiro atoms. The van der Waals surface area contributed by atoms with Crippen molar-refractivity contribution in [1.29, 1.82) is 0 Å². The first kappa shape index (κ1) is 12.8. The largest absolute Gasteiger partial charge is 0.402 e. The monoisotopic (exact) mass is 250 g/mol. The van der Waals surface area contributed by atoms with Crippen LogP contribution >= 0.6 is 0 Å². The lowest BCUT2D eigenvalue weighted by molar-refractivity contribution is 0.184. The molecule has 5 heteroatoms. The van der Waals surface area contributed by atoms with Crippen molar-refractivity contribution in [2.75, 3.05) is 7.11 Å². The summed E-state index contributed by atoms with van der Waals surface area (Å²) >= 11 is 0. The minimum atomic E-state index is -0.297. The Hall–Kier alpha value is -1.62. The molecule has 0 radical (unpaired) electrons. The molecule has 0 saturated carbocycles. The number of H-pyrrole nitrogens is 1. The quantitative estimate of drug-likeness (QED) is 0.884. The van der Waals surface area contributed by atoms with E-state index in [-0.39, 0.29) is 5.63 Å².